The van der Waals surface area contributed by atoms with Crippen LogP contribution in [0.2, 0.25) is 0 Å². The monoisotopic (exact) mass is 186 g/mol. The van der Waals surface area contributed by atoms with E-state index in [0.29, 0.717) is 22.8 Å². The maximum absolute atomic E-state index is 5.76. The Balaban J connectivity index is 2.55. The molecular weight excluding hydrogens is 176 g/mol. The fourth-order valence-electron chi connectivity index (χ4n) is 1.21. The highest BCUT2D eigenvalue weighted by molar-refractivity contribution is 5.70. The molecule has 0 spiro atoms. The number of nitrogens with zero attached hydrogens (tertiary/aromatic N) is 2. The number of hydrogen-bond donors (Lipinski definition) is 2. The van der Waals surface area contributed by atoms with Crippen molar-refractivity contribution < 1.29 is 0 Å². The van der Waals surface area contributed by atoms with Crippen LogP contribution in [0.1, 0.15) is 0 Å². The lowest BCUT2D eigenvalue weighted by molar-refractivity contribution is 1.25. The Kier molecular flexibility index (Phi) is 2.02. The highest BCUT2D eigenvalue weighted by atomic mass is 14.8. The van der Waals surface area contributed by atoms with Crippen LogP contribution < -0.4 is 11.5 Å². The predicted octanol–water partition coefficient (Wildman–Crippen LogP) is 1.31. The van der Waals surface area contributed by atoms with Crippen LogP contribution in [0.25, 0.3) is 11.4 Å². The molecule has 0 saturated heterocycles. The predicted molar refractivity (Wildman–Crippen MR) is 56.3 cm³/mol. The molecule has 0 unspecified atom stereocenters. The van der Waals surface area contributed by atoms with Gasteiger partial charge in [0, 0.05) is 18.1 Å². The molecule has 0 radical (unpaired) electrons. The van der Waals surface area contributed by atoms with Crippen LogP contribution in [-0.4, -0.2) is 9.97 Å². The van der Waals surface area contributed by atoms with Crippen molar-refractivity contribution in [3.63, 3.8) is 0 Å². The molecule has 2 aromatic heterocycles. The summed E-state index contributed by atoms with van der Waals surface area (Å²) in [4.78, 5) is 8.29. The first-order chi connectivity index (χ1) is 6.77. The SMILES string of the molecule is Nc1ccnc(-c2ncccc2N)c1. The molecule has 0 aliphatic carbocycles. The van der Waals surface area contributed by atoms with Crippen molar-refractivity contribution in [2.75, 3.05) is 11.5 Å². The van der Waals surface area contributed by atoms with E-state index in [0.717, 1.165) is 0 Å². The van der Waals surface area contributed by atoms with Gasteiger partial charge in [-0.1, -0.05) is 0 Å². The molecule has 0 amide bonds. The van der Waals surface area contributed by atoms with Gasteiger partial charge in [0.15, 0.2) is 0 Å². The first kappa shape index (κ1) is 8.50. The van der Waals surface area contributed by atoms with E-state index in [1.807, 2.05) is 0 Å². The van der Waals surface area contributed by atoms with Crippen LogP contribution in [-0.2, 0) is 0 Å². The summed E-state index contributed by atoms with van der Waals surface area (Å²) in [6.07, 6.45) is 3.31. The van der Waals surface area contributed by atoms with E-state index < -0.39 is 0 Å². The molecular formula is C10H10N4. The zero-order valence-corrected chi connectivity index (χ0v) is 7.51. The summed E-state index contributed by atoms with van der Waals surface area (Å²) in [7, 11) is 0. The van der Waals surface area contributed by atoms with Crippen LogP contribution in [0.4, 0.5) is 11.4 Å². The lowest BCUT2D eigenvalue weighted by atomic mass is 10.2. The fraction of sp³-hybridized carbons (Fsp3) is 0. The Labute approximate surface area is 81.6 Å². The summed E-state index contributed by atoms with van der Waals surface area (Å²) in [6.45, 7) is 0. The second kappa shape index (κ2) is 3.33. The van der Waals surface area contributed by atoms with E-state index in [4.69, 9.17) is 11.5 Å². The largest absolute Gasteiger partial charge is 0.399 e. The third-order valence-corrected chi connectivity index (χ3v) is 1.87. The van der Waals surface area contributed by atoms with E-state index >= 15 is 0 Å². The van der Waals surface area contributed by atoms with E-state index in [-0.39, 0.29) is 0 Å². The Bertz CT molecular complexity index is 453. The quantitative estimate of drug-likeness (QED) is 0.703. The van der Waals surface area contributed by atoms with Gasteiger partial charge in [0.25, 0.3) is 0 Å². The smallest absolute Gasteiger partial charge is 0.112 e. The summed E-state index contributed by atoms with van der Waals surface area (Å²) in [5.41, 5.74) is 14.0. The van der Waals surface area contributed by atoms with Gasteiger partial charge in [0.2, 0.25) is 0 Å². The van der Waals surface area contributed by atoms with Gasteiger partial charge in [0.1, 0.15) is 5.69 Å². The number of hydrogen-bond acceptors (Lipinski definition) is 4. The van der Waals surface area contributed by atoms with Crippen molar-refractivity contribution in [2.24, 2.45) is 0 Å². The summed E-state index contributed by atoms with van der Waals surface area (Å²) >= 11 is 0. The highest BCUT2D eigenvalue weighted by Gasteiger charge is 2.04. The lowest BCUT2D eigenvalue weighted by Gasteiger charge is -2.03. The van der Waals surface area contributed by atoms with Crippen molar-refractivity contribution in [1.29, 1.82) is 0 Å². The Morgan fingerprint density at radius 3 is 2.57 bits per heavy atom. The minimum absolute atomic E-state index is 0.602. The van der Waals surface area contributed by atoms with Gasteiger partial charge in [-0.3, -0.25) is 9.97 Å². The Morgan fingerprint density at radius 2 is 1.86 bits per heavy atom. The van der Waals surface area contributed by atoms with Gasteiger partial charge >= 0.3 is 0 Å². The van der Waals surface area contributed by atoms with Crippen molar-refractivity contribution in [3.8, 4) is 11.4 Å². The molecule has 2 heterocycles. The summed E-state index contributed by atoms with van der Waals surface area (Å²) < 4.78 is 0. The molecule has 4 nitrogen and oxygen atoms in total. The molecule has 0 aromatic carbocycles. The molecule has 0 bridgehead atoms. The molecule has 0 aliphatic heterocycles. The molecule has 4 N–H and O–H groups in total. The third-order valence-electron chi connectivity index (χ3n) is 1.87. The van der Waals surface area contributed by atoms with E-state index in [2.05, 4.69) is 9.97 Å². The Morgan fingerprint density at radius 1 is 1.00 bits per heavy atom. The molecule has 0 aliphatic rings. The highest BCUT2D eigenvalue weighted by Crippen LogP contribution is 2.21. The van der Waals surface area contributed by atoms with E-state index in [9.17, 15) is 0 Å². The van der Waals surface area contributed by atoms with Gasteiger partial charge < -0.3 is 11.5 Å². The zero-order chi connectivity index (χ0) is 9.97. The van der Waals surface area contributed by atoms with Gasteiger partial charge in [-0.25, -0.2) is 0 Å². The number of pyridine rings is 2. The van der Waals surface area contributed by atoms with Crippen molar-refractivity contribution in [2.45, 2.75) is 0 Å². The molecule has 2 aromatic rings. The van der Waals surface area contributed by atoms with Crippen LogP contribution in [0.15, 0.2) is 36.7 Å². The van der Waals surface area contributed by atoms with Crippen LogP contribution in [0, 0.1) is 0 Å². The summed E-state index contributed by atoms with van der Waals surface area (Å²) in [5.74, 6) is 0. The van der Waals surface area contributed by atoms with E-state index in [1.54, 1.807) is 36.7 Å². The number of nitrogens with two attached hydrogens (primary N) is 2. The number of nitrogen functional groups attached to an aromatic ring is 2. The lowest BCUT2D eigenvalue weighted by Crippen LogP contribution is -1.95. The number of aromatic nitrogens is 2. The normalized spacial score (nSPS) is 10.0. The second-order valence-electron chi connectivity index (χ2n) is 2.92. The van der Waals surface area contributed by atoms with Gasteiger partial charge in [-0.2, -0.15) is 0 Å². The van der Waals surface area contributed by atoms with E-state index in [1.165, 1.54) is 0 Å². The molecule has 70 valence electrons. The van der Waals surface area contributed by atoms with Crippen LogP contribution in [0.3, 0.4) is 0 Å². The third kappa shape index (κ3) is 1.50. The van der Waals surface area contributed by atoms with Crippen molar-refractivity contribution >= 4 is 11.4 Å². The molecule has 4 heteroatoms. The van der Waals surface area contributed by atoms with Crippen LogP contribution >= 0.6 is 0 Å². The minimum atomic E-state index is 0.602. The maximum Gasteiger partial charge on any atom is 0.112 e. The van der Waals surface area contributed by atoms with Gasteiger partial charge in [-0.05, 0) is 24.3 Å². The number of rotatable bonds is 1. The molecule has 2 rings (SSSR count). The van der Waals surface area contributed by atoms with Crippen molar-refractivity contribution in [3.05, 3.63) is 36.7 Å². The zero-order valence-electron chi connectivity index (χ0n) is 7.51. The molecule has 14 heavy (non-hydrogen) atoms. The van der Waals surface area contributed by atoms with Gasteiger partial charge in [-0.15, -0.1) is 0 Å². The molecule has 0 atom stereocenters. The van der Waals surface area contributed by atoms with Crippen LogP contribution in [0.5, 0.6) is 0 Å². The summed E-state index contributed by atoms with van der Waals surface area (Å²) in [6, 6.07) is 7.04. The average Bonchev–Trinajstić information content (AvgIpc) is 2.18. The Hall–Kier alpha value is -2.10. The molecule has 0 saturated carbocycles. The second-order valence-corrected chi connectivity index (χ2v) is 2.92. The first-order valence-corrected chi connectivity index (χ1v) is 4.20. The average molecular weight is 186 g/mol. The standard InChI is InChI=1S/C10H10N4/c11-7-3-5-13-9(6-7)10-8(12)2-1-4-14-10/h1-6H,12H2,(H2,11,13). The number of anilines is 2. The van der Waals surface area contributed by atoms with Gasteiger partial charge in [0.05, 0.1) is 11.4 Å². The molecule has 0 fully saturated rings. The topological polar surface area (TPSA) is 77.8 Å². The van der Waals surface area contributed by atoms with Crippen molar-refractivity contribution in [1.82, 2.24) is 9.97 Å². The minimum Gasteiger partial charge on any atom is -0.399 e. The first-order valence-electron chi connectivity index (χ1n) is 4.20. The fourth-order valence-corrected chi connectivity index (χ4v) is 1.21. The summed E-state index contributed by atoms with van der Waals surface area (Å²) in [5, 5.41) is 0. The maximum atomic E-state index is 5.76.